The third-order valence-electron chi connectivity index (χ3n) is 3.61. The van der Waals surface area contributed by atoms with Gasteiger partial charge in [-0.15, -0.1) is 5.10 Å². The minimum Gasteiger partial charge on any atom is -0.256 e. The van der Waals surface area contributed by atoms with Crippen molar-refractivity contribution in [3.05, 3.63) is 65.7 Å². The van der Waals surface area contributed by atoms with Crippen molar-refractivity contribution < 1.29 is 8.78 Å². The van der Waals surface area contributed by atoms with Gasteiger partial charge in [0.1, 0.15) is 5.52 Å². The number of aromatic nitrogens is 6. The van der Waals surface area contributed by atoms with Gasteiger partial charge in [-0.05, 0) is 17.7 Å². The van der Waals surface area contributed by atoms with Crippen LogP contribution in [0, 0.1) is 0 Å². The molecule has 0 fully saturated rings. The van der Waals surface area contributed by atoms with Crippen molar-refractivity contribution in [1.29, 1.82) is 0 Å². The number of nitrogens with zero attached hydrogens (tertiary/aromatic N) is 5. The molecule has 0 amide bonds. The van der Waals surface area contributed by atoms with Gasteiger partial charge in [-0.25, -0.2) is 8.78 Å². The van der Waals surface area contributed by atoms with Gasteiger partial charge in [-0.3, -0.25) is 10.1 Å². The first-order chi connectivity index (χ1) is 11.7. The molecule has 3 aromatic heterocycles. The Labute approximate surface area is 135 Å². The molecule has 0 aliphatic rings. The van der Waals surface area contributed by atoms with Crippen LogP contribution in [0.4, 0.5) is 8.78 Å². The van der Waals surface area contributed by atoms with E-state index in [1.165, 1.54) is 4.68 Å². The zero-order valence-corrected chi connectivity index (χ0v) is 12.4. The summed E-state index contributed by atoms with van der Waals surface area (Å²) in [6.45, 7) is 0. The quantitative estimate of drug-likeness (QED) is 0.625. The van der Waals surface area contributed by atoms with Crippen LogP contribution < -0.4 is 0 Å². The molecule has 120 valence electrons. The van der Waals surface area contributed by atoms with Gasteiger partial charge in [0.05, 0.1) is 11.2 Å². The molecule has 0 saturated heterocycles. The minimum absolute atomic E-state index is 0.0719. The van der Waals surface area contributed by atoms with E-state index in [9.17, 15) is 8.78 Å². The molecule has 0 bridgehead atoms. The van der Waals surface area contributed by atoms with Crippen LogP contribution in [0.1, 0.15) is 23.5 Å². The number of fused-ring (bicyclic) bond motifs is 1. The van der Waals surface area contributed by atoms with Crippen molar-refractivity contribution >= 4 is 11.0 Å². The summed E-state index contributed by atoms with van der Waals surface area (Å²) in [5, 5.41) is 10.6. The molecule has 0 aliphatic heterocycles. The van der Waals surface area contributed by atoms with Gasteiger partial charge >= 0.3 is 0 Å². The van der Waals surface area contributed by atoms with Crippen LogP contribution in [-0.4, -0.2) is 29.9 Å². The SMILES string of the molecule is FC(F)c1nc(-n2nc(Cc3ccccc3)c3ncccc32)n[nH]1. The average Bonchev–Trinajstić information content (AvgIpc) is 3.21. The van der Waals surface area contributed by atoms with E-state index in [-0.39, 0.29) is 5.95 Å². The fourth-order valence-electron chi connectivity index (χ4n) is 2.53. The number of alkyl halides is 2. The van der Waals surface area contributed by atoms with Crippen molar-refractivity contribution in [2.24, 2.45) is 0 Å². The summed E-state index contributed by atoms with van der Waals surface area (Å²) in [5.74, 6) is -0.412. The third-order valence-corrected chi connectivity index (χ3v) is 3.61. The average molecular weight is 326 g/mol. The minimum atomic E-state index is -2.71. The Morgan fingerprint density at radius 1 is 1.08 bits per heavy atom. The number of pyridine rings is 1. The van der Waals surface area contributed by atoms with Crippen molar-refractivity contribution in [2.75, 3.05) is 0 Å². The van der Waals surface area contributed by atoms with Gasteiger partial charge in [-0.1, -0.05) is 30.3 Å². The first-order valence-electron chi connectivity index (χ1n) is 7.30. The molecule has 0 atom stereocenters. The number of hydrogen-bond donors (Lipinski definition) is 1. The highest BCUT2D eigenvalue weighted by atomic mass is 19.3. The number of rotatable bonds is 4. The Bertz CT molecular complexity index is 977. The van der Waals surface area contributed by atoms with E-state index in [1.54, 1.807) is 12.3 Å². The number of halogens is 2. The normalized spacial score (nSPS) is 11.5. The Hall–Kier alpha value is -3.16. The van der Waals surface area contributed by atoms with Gasteiger partial charge in [0.15, 0.2) is 5.82 Å². The first-order valence-corrected chi connectivity index (χ1v) is 7.30. The molecule has 6 nitrogen and oxygen atoms in total. The molecule has 3 heterocycles. The fraction of sp³-hybridized carbons (Fsp3) is 0.125. The summed E-state index contributed by atoms with van der Waals surface area (Å²) in [6.07, 6.45) is -0.464. The summed E-state index contributed by atoms with van der Waals surface area (Å²) < 4.78 is 26.9. The summed E-state index contributed by atoms with van der Waals surface area (Å²) in [5.41, 5.74) is 3.19. The van der Waals surface area contributed by atoms with Crippen molar-refractivity contribution in [3.63, 3.8) is 0 Å². The van der Waals surface area contributed by atoms with Gasteiger partial charge in [0, 0.05) is 12.6 Å². The van der Waals surface area contributed by atoms with Gasteiger partial charge in [0.25, 0.3) is 12.4 Å². The number of aromatic amines is 1. The molecule has 0 spiro atoms. The van der Waals surface area contributed by atoms with E-state index in [1.807, 2.05) is 36.4 Å². The topological polar surface area (TPSA) is 72.3 Å². The standard InChI is InChI=1S/C16H12F2N6/c17-14(18)15-20-16(22-21-15)24-12-7-4-8-19-13(12)11(23-24)9-10-5-2-1-3-6-10/h1-8,14H,9H2,(H,20,21,22). The predicted octanol–water partition coefficient (Wildman–Crippen LogP) is 3.07. The van der Waals surface area contributed by atoms with Gasteiger partial charge in [-0.2, -0.15) is 14.8 Å². The number of hydrogen-bond acceptors (Lipinski definition) is 4. The smallest absolute Gasteiger partial charge is 0.256 e. The van der Waals surface area contributed by atoms with E-state index in [0.717, 1.165) is 11.3 Å². The second-order valence-electron chi connectivity index (χ2n) is 5.21. The van der Waals surface area contributed by atoms with E-state index in [0.29, 0.717) is 17.5 Å². The van der Waals surface area contributed by atoms with Gasteiger partial charge < -0.3 is 0 Å². The second-order valence-corrected chi connectivity index (χ2v) is 5.21. The van der Waals surface area contributed by atoms with Crippen LogP contribution in [0.3, 0.4) is 0 Å². The van der Waals surface area contributed by atoms with Crippen molar-refractivity contribution in [1.82, 2.24) is 29.9 Å². The van der Waals surface area contributed by atoms with E-state index in [4.69, 9.17) is 0 Å². The monoisotopic (exact) mass is 326 g/mol. The van der Waals surface area contributed by atoms with Crippen LogP contribution in [0.5, 0.6) is 0 Å². The van der Waals surface area contributed by atoms with Crippen LogP contribution in [0.2, 0.25) is 0 Å². The number of benzene rings is 1. The maximum Gasteiger partial charge on any atom is 0.296 e. The van der Waals surface area contributed by atoms with Crippen molar-refractivity contribution in [3.8, 4) is 5.95 Å². The number of H-pyrrole nitrogens is 1. The maximum atomic E-state index is 12.7. The zero-order valence-electron chi connectivity index (χ0n) is 12.4. The lowest BCUT2D eigenvalue weighted by Gasteiger charge is -1.97. The Morgan fingerprint density at radius 3 is 2.67 bits per heavy atom. The molecular weight excluding hydrogens is 314 g/mol. The lowest BCUT2D eigenvalue weighted by molar-refractivity contribution is 0.141. The lowest BCUT2D eigenvalue weighted by Crippen LogP contribution is -2.00. The molecule has 8 heteroatoms. The molecule has 1 aromatic carbocycles. The lowest BCUT2D eigenvalue weighted by atomic mass is 10.1. The highest BCUT2D eigenvalue weighted by Gasteiger charge is 2.18. The number of nitrogens with one attached hydrogen (secondary N) is 1. The predicted molar refractivity (Wildman–Crippen MR) is 83.0 cm³/mol. The molecule has 0 aliphatic carbocycles. The van der Waals surface area contributed by atoms with E-state index < -0.39 is 12.2 Å². The molecular formula is C16H12F2N6. The summed E-state index contributed by atoms with van der Waals surface area (Å²) >= 11 is 0. The summed E-state index contributed by atoms with van der Waals surface area (Å²) in [4.78, 5) is 8.17. The molecule has 4 rings (SSSR count). The van der Waals surface area contributed by atoms with Crippen LogP contribution in [-0.2, 0) is 6.42 Å². The molecule has 0 saturated carbocycles. The highest BCUT2D eigenvalue weighted by molar-refractivity contribution is 5.79. The Kier molecular flexibility index (Phi) is 3.49. The van der Waals surface area contributed by atoms with Crippen LogP contribution in [0.25, 0.3) is 17.0 Å². The summed E-state index contributed by atoms with van der Waals surface area (Å²) in [7, 11) is 0. The van der Waals surface area contributed by atoms with E-state index in [2.05, 4.69) is 25.3 Å². The zero-order chi connectivity index (χ0) is 16.5. The molecule has 4 aromatic rings. The third kappa shape index (κ3) is 2.51. The Morgan fingerprint density at radius 2 is 1.92 bits per heavy atom. The molecule has 0 radical (unpaired) electrons. The van der Waals surface area contributed by atoms with Crippen molar-refractivity contribution in [2.45, 2.75) is 12.8 Å². The van der Waals surface area contributed by atoms with Crippen LogP contribution in [0.15, 0.2) is 48.7 Å². The molecule has 1 N–H and O–H groups in total. The first kappa shape index (κ1) is 14.4. The Balaban J connectivity index is 1.81. The van der Waals surface area contributed by atoms with E-state index >= 15 is 0 Å². The molecule has 24 heavy (non-hydrogen) atoms. The highest BCUT2D eigenvalue weighted by Crippen LogP contribution is 2.22. The second kappa shape index (κ2) is 5.80. The maximum absolute atomic E-state index is 12.7. The van der Waals surface area contributed by atoms with Crippen LogP contribution >= 0.6 is 0 Å². The largest absolute Gasteiger partial charge is 0.296 e. The fourth-order valence-corrected chi connectivity index (χ4v) is 2.53. The molecule has 0 unspecified atom stereocenters. The van der Waals surface area contributed by atoms with Gasteiger partial charge in [0.2, 0.25) is 0 Å². The summed E-state index contributed by atoms with van der Waals surface area (Å²) in [6, 6.07) is 13.4.